The second kappa shape index (κ2) is 8.05. The van der Waals surface area contributed by atoms with Crippen LogP contribution in [0.25, 0.3) is 0 Å². The maximum absolute atomic E-state index is 14.2. The molecule has 1 heterocycles. The number of nitrogens with two attached hydrogens (primary N) is 1. The van der Waals surface area contributed by atoms with E-state index < -0.39 is 28.8 Å². The van der Waals surface area contributed by atoms with Gasteiger partial charge in [-0.15, -0.1) is 0 Å². The maximum atomic E-state index is 14.2. The monoisotopic (exact) mass is 393 g/mol. The number of rotatable bonds is 7. The number of halogens is 1. The van der Waals surface area contributed by atoms with Gasteiger partial charge in [0, 0.05) is 25.2 Å². The van der Waals surface area contributed by atoms with Crippen LogP contribution < -0.4 is 15.8 Å². The predicted octanol–water partition coefficient (Wildman–Crippen LogP) is 1.08. The van der Waals surface area contributed by atoms with Crippen LogP contribution in [0, 0.1) is 5.82 Å². The Morgan fingerprint density at radius 3 is 2.68 bits per heavy atom. The standard InChI is InChI=1S/C20H28FN3O4/c1-28-15-5-6-16(21)14(11-15)12-24-10-4-9-20(27,18(24)26)13-23-19(17(22)25)7-2-3-8-19/h5-6,11,23,27H,2-4,7-10,12-13H2,1H3,(H2,22,25)/t20-/m1/s1. The summed E-state index contributed by atoms with van der Waals surface area (Å²) < 4.78 is 19.3. The van der Waals surface area contributed by atoms with Gasteiger partial charge < -0.3 is 20.5 Å². The van der Waals surface area contributed by atoms with E-state index in [-0.39, 0.29) is 19.5 Å². The van der Waals surface area contributed by atoms with Crippen LogP contribution in [0.15, 0.2) is 18.2 Å². The SMILES string of the molecule is COc1ccc(F)c(CN2CCC[C@@](O)(CNC3(C(N)=O)CCCC3)C2=O)c1. The van der Waals surface area contributed by atoms with E-state index in [0.29, 0.717) is 37.1 Å². The normalized spacial score (nSPS) is 24.4. The van der Waals surface area contributed by atoms with Crippen LogP contribution in [-0.4, -0.2) is 53.2 Å². The van der Waals surface area contributed by atoms with Crippen molar-refractivity contribution in [3.63, 3.8) is 0 Å². The van der Waals surface area contributed by atoms with E-state index in [9.17, 15) is 19.1 Å². The molecule has 0 spiro atoms. The first kappa shape index (κ1) is 20.5. The number of carbonyl (C=O) groups excluding carboxylic acids is 2. The van der Waals surface area contributed by atoms with Crippen LogP contribution in [0.5, 0.6) is 5.75 Å². The lowest BCUT2D eigenvalue weighted by Gasteiger charge is -2.40. The van der Waals surface area contributed by atoms with Crippen LogP contribution in [0.3, 0.4) is 0 Å². The van der Waals surface area contributed by atoms with Crippen LogP contribution in [0.4, 0.5) is 4.39 Å². The maximum Gasteiger partial charge on any atom is 0.256 e. The van der Waals surface area contributed by atoms with Crippen molar-refractivity contribution >= 4 is 11.8 Å². The quantitative estimate of drug-likeness (QED) is 0.643. The van der Waals surface area contributed by atoms with Crippen LogP contribution >= 0.6 is 0 Å². The minimum Gasteiger partial charge on any atom is -0.497 e. The van der Waals surface area contributed by atoms with Crippen LogP contribution in [0.2, 0.25) is 0 Å². The topological polar surface area (TPSA) is 105 Å². The van der Waals surface area contributed by atoms with E-state index in [1.807, 2.05) is 0 Å². The Kier molecular flexibility index (Phi) is 5.90. The summed E-state index contributed by atoms with van der Waals surface area (Å²) in [6, 6.07) is 4.37. The fourth-order valence-corrected chi connectivity index (χ4v) is 4.19. The minimum atomic E-state index is -1.64. The molecule has 1 aromatic rings. The molecule has 2 amide bonds. The highest BCUT2D eigenvalue weighted by atomic mass is 19.1. The third kappa shape index (κ3) is 3.98. The van der Waals surface area contributed by atoms with E-state index >= 15 is 0 Å². The van der Waals surface area contributed by atoms with Gasteiger partial charge in [-0.05, 0) is 43.9 Å². The number of hydrogen-bond donors (Lipinski definition) is 3. The molecule has 8 heteroatoms. The van der Waals surface area contributed by atoms with E-state index in [1.165, 1.54) is 24.1 Å². The summed E-state index contributed by atoms with van der Waals surface area (Å²) in [5.74, 6) is -0.847. The number of amides is 2. The van der Waals surface area contributed by atoms with E-state index in [0.717, 1.165) is 12.8 Å². The van der Waals surface area contributed by atoms with Gasteiger partial charge in [0.15, 0.2) is 5.60 Å². The lowest BCUT2D eigenvalue weighted by Crippen LogP contribution is -2.63. The molecule has 1 saturated heterocycles. The van der Waals surface area contributed by atoms with Crippen molar-refractivity contribution in [3.8, 4) is 5.75 Å². The number of nitrogens with one attached hydrogen (secondary N) is 1. The summed E-state index contributed by atoms with van der Waals surface area (Å²) in [6.07, 6.45) is 3.83. The number of benzene rings is 1. The second-order valence-corrected chi connectivity index (χ2v) is 7.83. The number of aliphatic hydroxyl groups is 1. The lowest BCUT2D eigenvalue weighted by atomic mass is 9.88. The molecular weight excluding hydrogens is 365 g/mol. The largest absolute Gasteiger partial charge is 0.497 e. The Morgan fingerprint density at radius 1 is 1.32 bits per heavy atom. The zero-order valence-electron chi connectivity index (χ0n) is 16.2. The van der Waals surface area contributed by atoms with Crippen molar-refractivity contribution in [2.24, 2.45) is 5.73 Å². The van der Waals surface area contributed by atoms with Crippen molar-refractivity contribution in [1.82, 2.24) is 10.2 Å². The number of likely N-dealkylation sites (tertiary alicyclic amines) is 1. The highest BCUT2D eigenvalue weighted by Gasteiger charge is 2.46. The summed E-state index contributed by atoms with van der Waals surface area (Å²) in [5, 5.41) is 14.1. The predicted molar refractivity (Wildman–Crippen MR) is 101 cm³/mol. The summed E-state index contributed by atoms with van der Waals surface area (Å²) in [6.45, 7) is 0.426. The van der Waals surface area contributed by atoms with Crippen molar-refractivity contribution in [3.05, 3.63) is 29.6 Å². The Bertz CT molecular complexity index is 751. The third-order valence-corrected chi connectivity index (χ3v) is 5.97. The zero-order chi connectivity index (χ0) is 20.4. The fourth-order valence-electron chi connectivity index (χ4n) is 4.19. The smallest absolute Gasteiger partial charge is 0.256 e. The van der Waals surface area contributed by atoms with Crippen LogP contribution in [0.1, 0.15) is 44.1 Å². The molecule has 4 N–H and O–H groups in total. The van der Waals surface area contributed by atoms with Gasteiger partial charge in [-0.3, -0.25) is 14.9 Å². The first-order valence-electron chi connectivity index (χ1n) is 9.69. The molecule has 1 aliphatic heterocycles. The minimum absolute atomic E-state index is 0.0468. The average molecular weight is 393 g/mol. The van der Waals surface area contributed by atoms with Crippen molar-refractivity contribution in [2.45, 2.75) is 56.2 Å². The molecule has 1 aliphatic carbocycles. The van der Waals surface area contributed by atoms with Crippen molar-refractivity contribution in [2.75, 3.05) is 20.2 Å². The summed E-state index contributed by atoms with van der Waals surface area (Å²) in [5.41, 5.74) is 3.39. The van der Waals surface area contributed by atoms with Gasteiger partial charge in [0.25, 0.3) is 5.91 Å². The average Bonchev–Trinajstić information content (AvgIpc) is 3.16. The highest BCUT2D eigenvalue weighted by molar-refractivity contribution is 5.87. The molecule has 2 aliphatic rings. The number of carbonyl (C=O) groups is 2. The number of ether oxygens (including phenoxy) is 1. The number of nitrogens with zero attached hydrogens (tertiary/aromatic N) is 1. The van der Waals surface area contributed by atoms with Gasteiger partial charge in [-0.2, -0.15) is 0 Å². The number of primary amides is 1. The van der Waals surface area contributed by atoms with Gasteiger partial charge >= 0.3 is 0 Å². The lowest BCUT2D eigenvalue weighted by molar-refractivity contribution is -0.158. The van der Waals surface area contributed by atoms with Gasteiger partial charge in [0.2, 0.25) is 5.91 Å². The van der Waals surface area contributed by atoms with E-state index in [2.05, 4.69) is 5.32 Å². The summed E-state index contributed by atoms with van der Waals surface area (Å²) in [4.78, 5) is 26.3. The molecule has 0 bridgehead atoms. The zero-order valence-corrected chi connectivity index (χ0v) is 16.2. The van der Waals surface area contributed by atoms with Gasteiger partial charge in [-0.1, -0.05) is 12.8 Å². The highest BCUT2D eigenvalue weighted by Crippen LogP contribution is 2.31. The summed E-state index contributed by atoms with van der Waals surface area (Å²) >= 11 is 0. The molecular formula is C20H28FN3O4. The number of hydrogen-bond acceptors (Lipinski definition) is 5. The van der Waals surface area contributed by atoms with E-state index in [1.54, 1.807) is 6.07 Å². The molecule has 0 unspecified atom stereocenters. The molecule has 3 rings (SSSR count). The molecule has 1 aromatic carbocycles. The number of methoxy groups -OCH3 is 1. The summed E-state index contributed by atoms with van der Waals surface area (Å²) in [7, 11) is 1.49. The van der Waals surface area contributed by atoms with Gasteiger partial charge in [-0.25, -0.2) is 4.39 Å². The molecule has 7 nitrogen and oxygen atoms in total. The van der Waals surface area contributed by atoms with Crippen LogP contribution in [-0.2, 0) is 16.1 Å². The number of β-amino-alcohol motifs (C(OH)–C–C–N with tert-alkyl or cyclic N) is 1. The molecule has 1 atom stereocenters. The third-order valence-electron chi connectivity index (χ3n) is 5.97. The Morgan fingerprint density at radius 2 is 2.04 bits per heavy atom. The van der Waals surface area contributed by atoms with Gasteiger partial charge in [0.05, 0.1) is 12.6 Å². The molecule has 2 fully saturated rings. The molecule has 0 radical (unpaired) electrons. The molecule has 0 aromatic heterocycles. The molecule has 28 heavy (non-hydrogen) atoms. The van der Waals surface area contributed by atoms with E-state index in [4.69, 9.17) is 10.5 Å². The van der Waals surface area contributed by atoms with Crippen molar-refractivity contribution in [1.29, 1.82) is 0 Å². The molecule has 154 valence electrons. The van der Waals surface area contributed by atoms with Crippen molar-refractivity contribution < 1.29 is 23.8 Å². The Hall–Kier alpha value is -2.19. The Balaban J connectivity index is 1.71. The number of piperidine rings is 1. The first-order valence-corrected chi connectivity index (χ1v) is 9.69. The Labute approximate surface area is 164 Å². The first-order chi connectivity index (χ1) is 13.3. The fraction of sp³-hybridized carbons (Fsp3) is 0.600. The molecule has 1 saturated carbocycles. The van der Waals surface area contributed by atoms with Gasteiger partial charge in [0.1, 0.15) is 11.6 Å². The second-order valence-electron chi connectivity index (χ2n) is 7.83.